The van der Waals surface area contributed by atoms with Gasteiger partial charge in [-0.25, -0.2) is 0 Å². The predicted molar refractivity (Wildman–Crippen MR) is 71.5 cm³/mol. The van der Waals surface area contributed by atoms with Gasteiger partial charge >= 0.3 is 0 Å². The van der Waals surface area contributed by atoms with Crippen LogP contribution in [-0.2, 0) is 5.41 Å². The van der Waals surface area contributed by atoms with E-state index in [0.717, 1.165) is 21.1 Å². The van der Waals surface area contributed by atoms with Crippen LogP contribution in [0.25, 0.3) is 10.9 Å². The Hall–Kier alpha value is -0.930. The van der Waals surface area contributed by atoms with Crippen molar-refractivity contribution >= 4 is 26.8 Å². The quantitative estimate of drug-likeness (QED) is 0.916. The highest BCUT2D eigenvalue weighted by atomic mass is 79.9. The first-order valence-corrected chi connectivity index (χ1v) is 6.10. The Bertz CT molecular complexity index is 520. The van der Waals surface area contributed by atoms with Gasteiger partial charge in [0.1, 0.15) is 0 Å². The second-order valence-corrected chi connectivity index (χ2v) is 5.45. The van der Waals surface area contributed by atoms with E-state index in [0.29, 0.717) is 6.54 Å². The molecule has 0 amide bonds. The first-order valence-electron chi connectivity index (χ1n) is 5.30. The van der Waals surface area contributed by atoms with Crippen molar-refractivity contribution in [2.75, 3.05) is 6.54 Å². The maximum Gasteiger partial charge on any atom is 0.0847 e. The molecule has 16 heavy (non-hydrogen) atoms. The van der Waals surface area contributed by atoms with Crippen LogP contribution in [0, 0.1) is 0 Å². The minimum Gasteiger partial charge on any atom is -0.330 e. The molecule has 0 aliphatic heterocycles. The fraction of sp³-hybridized carbons (Fsp3) is 0.308. The molecule has 0 aliphatic carbocycles. The van der Waals surface area contributed by atoms with Crippen molar-refractivity contribution in [1.29, 1.82) is 0 Å². The Labute approximate surface area is 104 Å². The Balaban J connectivity index is 2.64. The Morgan fingerprint density at radius 2 is 2.00 bits per heavy atom. The van der Waals surface area contributed by atoms with Gasteiger partial charge in [0.2, 0.25) is 0 Å². The Morgan fingerprint density at radius 3 is 2.69 bits per heavy atom. The maximum absolute atomic E-state index is 5.77. The highest BCUT2D eigenvalue weighted by Crippen LogP contribution is 2.26. The molecule has 84 valence electrons. The maximum atomic E-state index is 5.77. The van der Waals surface area contributed by atoms with Crippen molar-refractivity contribution in [3.8, 4) is 0 Å². The largest absolute Gasteiger partial charge is 0.330 e. The van der Waals surface area contributed by atoms with E-state index in [1.807, 2.05) is 12.1 Å². The van der Waals surface area contributed by atoms with Crippen LogP contribution in [0.4, 0.5) is 0 Å². The van der Waals surface area contributed by atoms with Gasteiger partial charge in [-0.1, -0.05) is 32.0 Å². The number of nitrogens with zero attached hydrogens (tertiary/aromatic N) is 1. The van der Waals surface area contributed by atoms with E-state index in [2.05, 4.69) is 48.0 Å². The third kappa shape index (κ3) is 1.97. The van der Waals surface area contributed by atoms with Crippen LogP contribution < -0.4 is 5.73 Å². The fourth-order valence-corrected chi connectivity index (χ4v) is 2.06. The van der Waals surface area contributed by atoms with E-state index in [4.69, 9.17) is 10.7 Å². The van der Waals surface area contributed by atoms with Gasteiger partial charge in [0, 0.05) is 27.5 Å². The molecule has 0 aliphatic rings. The number of hydrogen-bond donors (Lipinski definition) is 1. The molecule has 2 aromatic rings. The summed E-state index contributed by atoms with van der Waals surface area (Å²) in [6.45, 7) is 4.81. The van der Waals surface area contributed by atoms with E-state index in [-0.39, 0.29) is 5.41 Å². The molecule has 0 saturated carbocycles. The molecule has 2 rings (SSSR count). The molecule has 3 heteroatoms. The lowest BCUT2D eigenvalue weighted by Gasteiger charge is -2.22. The molecule has 0 saturated heterocycles. The summed E-state index contributed by atoms with van der Waals surface area (Å²) in [5.41, 5.74) is 7.73. The third-order valence-electron chi connectivity index (χ3n) is 2.87. The molecule has 0 fully saturated rings. The molecule has 0 radical (unpaired) electrons. The number of hydrogen-bond acceptors (Lipinski definition) is 2. The minimum atomic E-state index is -0.0799. The van der Waals surface area contributed by atoms with Gasteiger partial charge in [-0.15, -0.1) is 0 Å². The van der Waals surface area contributed by atoms with E-state index >= 15 is 0 Å². The zero-order valence-electron chi connectivity index (χ0n) is 9.50. The highest BCUT2D eigenvalue weighted by molar-refractivity contribution is 9.10. The number of aromatic nitrogens is 1. The smallest absolute Gasteiger partial charge is 0.0847 e. The van der Waals surface area contributed by atoms with Crippen LogP contribution in [0.5, 0.6) is 0 Å². The predicted octanol–water partition coefficient (Wildman–Crippen LogP) is 3.23. The van der Waals surface area contributed by atoms with Crippen LogP contribution in [0.2, 0.25) is 0 Å². The molecule has 2 N–H and O–H groups in total. The molecule has 1 aromatic carbocycles. The van der Waals surface area contributed by atoms with Crippen molar-refractivity contribution in [3.63, 3.8) is 0 Å². The number of pyridine rings is 1. The van der Waals surface area contributed by atoms with Crippen molar-refractivity contribution in [2.24, 2.45) is 5.73 Å². The van der Waals surface area contributed by atoms with Gasteiger partial charge in [-0.3, -0.25) is 4.98 Å². The average molecular weight is 279 g/mol. The summed E-state index contributed by atoms with van der Waals surface area (Å²) < 4.78 is 1.03. The first-order chi connectivity index (χ1) is 7.54. The molecule has 0 bridgehead atoms. The fourth-order valence-electron chi connectivity index (χ4n) is 1.59. The van der Waals surface area contributed by atoms with Crippen molar-refractivity contribution in [1.82, 2.24) is 4.98 Å². The average Bonchev–Trinajstić information content (AvgIpc) is 2.29. The normalized spacial score (nSPS) is 12.0. The third-order valence-corrected chi connectivity index (χ3v) is 3.51. The summed E-state index contributed by atoms with van der Waals surface area (Å²) >= 11 is 3.53. The lowest BCUT2D eigenvalue weighted by molar-refractivity contribution is 0.523. The zero-order chi connectivity index (χ0) is 11.8. The van der Waals surface area contributed by atoms with E-state index < -0.39 is 0 Å². The molecular weight excluding hydrogens is 264 g/mol. The summed E-state index contributed by atoms with van der Waals surface area (Å²) in [5.74, 6) is 0. The number of rotatable bonds is 2. The number of nitrogens with two attached hydrogens (primary N) is 1. The Morgan fingerprint density at radius 1 is 1.25 bits per heavy atom. The van der Waals surface area contributed by atoms with Gasteiger partial charge in [-0.2, -0.15) is 0 Å². The van der Waals surface area contributed by atoms with Crippen LogP contribution in [0.15, 0.2) is 34.8 Å². The van der Waals surface area contributed by atoms with E-state index in [1.54, 1.807) is 0 Å². The summed E-state index contributed by atoms with van der Waals surface area (Å²) in [6.07, 6.45) is 0. The lowest BCUT2D eigenvalue weighted by Crippen LogP contribution is -2.29. The topological polar surface area (TPSA) is 38.9 Å². The van der Waals surface area contributed by atoms with Crippen LogP contribution in [-0.4, -0.2) is 11.5 Å². The second kappa shape index (κ2) is 4.15. The lowest BCUT2D eigenvalue weighted by atomic mass is 9.89. The molecule has 0 atom stereocenters. The molecule has 0 unspecified atom stereocenters. The standard InChI is InChI=1S/C13H15BrN2/c1-13(2,8-15)11-7-6-9-4-3-5-10(14)12(9)16-11/h3-7H,8,15H2,1-2H3. The number of fused-ring (bicyclic) bond motifs is 1. The molecule has 0 spiro atoms. The highest BCUT2D eigenvalue weighted by Gasteiger charge is 2.20. The van der Waals surface area contributed by atoms with Gasteiger partial charge < -0.3 is 5.73 Å². The van der Waals surface area contributed by atoms with Crippen LogP contribution in [0.3, 0.4) is 0 Å². The van der Waals surface area contributed by atoms with E-state index in [1.165, 1.54) is 0 Å². The molecule has 1 aromatic heterocycles. The van der Waals surface area contributed by atoms with E-state index in [9.17, 15) is 0 Å². The number of benzene rings is 1. The number of halogens is 1. The van der Waals surface area contributed by atoms with Crippen LogP contribution in [0.1, 0.15) is 19.5 Å². The van der Waals surface area contributed by atoms with Crippen LogP contribution >= 0.6 is 15.9 Å². The van der Waals surface area contributed by atoms with Gasteiger partial charge in [0.05, 0.1) is 5.52 Å². The van der Waals surface area contributed by atoms with Crippen molar-refractivity contribution < 1.29 is 0 Å². The second-order valence-electron chi connectivity index (χ2n) is 4.60. The van der Waals surface area contributed by atoms with Crippen molar-refractivity contribution in [3.05, 3.63) is 40.5 Å². The Kier molecular flexibility index (Phi) is 3.00. The minimum absolute atomic E-state index is 0.0799. The molecule has 1 heterocycles. The summed E-state index contributed by atoms with van der Waals surface area (Å²) in [7, 11) is 0. The SMILES string of the molecule is CC(C)(CN)c1ccc2cccc(Br)c2n1. The molecular formula is C13H15BrN2. The van der Waals surface area contributed by atoms with Gasteiger partial charge in [0.25, 0.3) is 0 Å². The van der Waals surface area contributed by atoms with Crippen molar-refractivity contribution in [2.45, 2.75) is 19.3 Å². The summed E-state index contributed by atoms with van der Waals surface area (Å²) in [5, 5.41) is 1.14. The van der Waals surface area contributed by atoms with Gasteiger partial charge in [-0.05, 0) is 28.1 Å². The zero-order valence-corrected chi connectivity index (χ0v) is 11.1. The summed E-state index contributed by atoms with van der Waals surface area (Å²) in [6, 6.07) is 10.2. The summed E-state index contributed by atoms with van der Waals surface area (Å²) in [4.78, 5) is 4.69. The molecule has 2 nitrogen and oxygen atoms in total. The number of para-hydroxylation sites is 1. The monoisotopic (exact) mass is 278 g/mol. The van der Waals surface area contributed by atoms with Gasteiger partial charge in [0.15, 0.2) is 0 Å². The first kappa shape index (κ1) is 11.6.